The quantitative estimate of drug-likeness (QED) is 0.471. The molecule has 2 unspecified atom stereocenters. The van der Waals surface area contributed by atoms with E-state index in [9.17, 15) is 23.4 Å². The van der Waals surface area contributed by atoms with Crippen LogP contribution in [0.2, 0.25) is 0 Å². The topological polar surface area (TPSA) is 49.7 Å². The third kappa shape index (κ3) is 4.50. The molecule has 0 radical (unpaired) electrons. The molecule has 10 atom stereocenters. The van der Waals surface area contributed by atoms with E-state index in [2.05, 4.69) is 13.8 Å². The van der Waals surface area contributed by atoms with Gasteiger partial charge < -0.3 is 14.9 Å². The summed E-state index contributed by atoms with van der Waals surface area (Å²) >= 11 is 0. The van der Waals surface area contributed by atoms with Crippen molar-refractivity contribution in [2.24, 2.45) is 46.3 Å². The lowest BCUT2D eigenvalue weighted by Crippen LogP contribution is -2.58. The minimum atomic E-state index is -4.52. The molecule has 0 amide bonds. The summed E-state index contributed by atoms with van der Waals surface area (Å²) in [5.74, 6) is 3.08. The van der Waals surface area contributed by atoms with Crippen molar-refractivity contribution < 1.29 is 28.1 Å². The molecule has 2 N–H and O–H groups in total. The van der Waals surface area contributed by atoms with E-state index in [4.69, 9.17) is 4.74 Å². The first-order valence-corrected chi connectivity index (χ1v) is 13.3. The van der Waals surface area contributed by atoms with Crippen molar-refractivity contribution in [3.05, 3.63) is 0 Å². The molecule has 0 bridgehead atoms. The van der Waals surface area contributed by atoms with E-state index in [1.165, 1.54) is 19.3 Å². The van der Waals surface area contributed by atoms with Gasteiger partial charge in [-0.25, -0.2) is 0 Å². The molecule has 0 spiro atoms. The predicted molar refractivity (Wildman–Crippen MR) is 123 cm³/mol. The number of rotatable bonds is 6. The van der Waals surface area contributed by atoms with Crippen molar-refractivity contribution in [1.82, 2.24) is 0 Å². The van der Waals surface area contributed by atoms with Gasteiger partial charge in [-0.3, -0.25) is 0 Å². The lowest BCUT2D eigenvalue weighted by Gasteiger charge is -2.63. The summed E-state index contributed by atoms with van der Waals surface area (Å²) in [6, 6.07) is 0. The maximum Gasteiger partial charge on any atom is 0.414 e. The first kappa shape index (κ1) is 25.8. The number of halogens is 3. The van der Waals surface area contributed by atoms with E-state index in [0.717, 1.165) is 45.1 Å². The van der Waals surface area contributed by atoms with Crippen molar-refractivity contribution in [3.63, 3.8) is 0 Å². The van der Waals surface area contributed by atoms with Gasteiger partial charge in [0.2, 0.25) is 0 Å². The van der Waals surface area contributed by atoms with Crippen LogP contribution in [0.25, 0.3) is 0 Å². The highest BCUT2D eigenvalue weighted by Crippen LogP contribution is 2.69. The van der Waals surface area contributed by atoms with E-state index in [1.807, 2.05) is 14.0 Å². The highest BCUT2D eigenvalue weighted by Gasteiger charge is 2.62. The number of methoxy groups -OCH3 is 1. The predicted octanol–water partition coefficient (Wildman–Crippen LogP) is 6.36. The molecule has 6 heteroatoms. The molecular weight excluding hydrogens is 429 g/mol. The molecule has 4 saturated carbocycles. The molecule has 0 aliphatic heterocycles. The first-order chi connectivity index (χ1) is 15.3. The molecule has 0 aromatic rings. The normalized spacial score (nSPS) is 47.4. The molecule has 0 heterocycles. The second-order valence-electron chi connectivity index (χ2n) is 12.9. The smallest absolute Gasteiger partial charge is 0.390 e. The number of fused-ring (bicyclic) bond motifs is 5. The van der Waals surface area contributed by atoms with Crippen LogP contribution in [-0.4, -0.2) is 41.8 Å². The number of alkyl halides is 3. The molecule has 33 heavy (non-hydrogen) atoms. The molecule has 0 aromatic heterocycles. The maximum atomic E-state index is 12.8. The summed E-state index contributed by atoms with van der Waals surface area (Å²) < 4.78 is 44.3. The Hall–Kier alpha value is -0.330. The van der Waals surface area contributed by atoms with Crippen LogP contribution in [0, 0.1) is 46.3 Å². The van der Waals surface area contributed by atoms with Crippen molar-refractivity contribution in [2.75, 3.05) is 13.7 Å². The van der Waals surface area contributed by atoms with E-state index in [-0.39, 0.29) is 23.2 Å². The maximum absolute atomic E-state index is 12.8. The molecular formula is C27H45F3O3. The van der Waals surface area contributed by atoms with Gasteiger partial charge in [0.25, 0.3) is 0 Å². The third-order valence-corrected chi connectivity index (χ3v) is 11.1. The summed E-state index contributed by atoms with van der Waals surface area (Å²) in [5.41, 5.74) is -0.209. The lowest BCUT2D eigenvalue weighted by molar-refractivity contribution is -0.206. The molecule has 4 rings (SSSR count). The molecule has 0 aromatic carbocycles. The minimum Gasteiger partial charge on any atom is -0.390 e. The van der Waals surface area contributed by atoms with Crippen LogP contribution in [0.5, 0.6) is 0 Å². The summed E-state index contributed by atoms with van der Waals surface area (Å²) in [4.78, 5) is 0. The molecule has 4 aliphatic rings. The zero-order chi connectivity index (χ0) is 24.2. The Morgan fingerprint density at radius 3 is 2.36 bits per heavy atom. The fourth-order valence-corrected chi connectivity index (χ4v) is 9.54. The Balaban J connectivity index is 1.49. The standard InChI is InChI=1S/C27H45F3O3/c1-17(5-10-23(31)27(28,29)30)20-8-9-21-19-7-6-18-15-24(2,32)13-14-26(18,16-33-4)22(19)11-12-25(20,21)3/h17-23,31-32H,5-16H2,1-4H3/t17-,18+,19+,20?,21+,22+,23?,24+,25-,26-/m1/s1. The Labute approximate surface area is 197 Å². The van der Waals surface area contributed by atoms with Gasteiger partial charge in [-0.05, 0) is 124 Å². The third-order valence-electron chi connectivity index (χ3n) is 11.1. The van der Waals surface area contributed by atoms with Gasteiger partial charge in [-0.2, -0.15) is 13.2 Å². The van der Waals surface area contributed by atoms with Gasteiger partial charge in [-0.1, -0.05) is 13.8 Å². The van der Waals surface area contributed by atoms with Crippen LogP contribution in [0.1, 0.15) is 91.4 Å². The van der Waals surface area contributed by atoms with Gasteiger partial charge in [0.05, 0.1) is 12.2 Å². The van der Waals surface area contributed by atoms with E-state index >= 15 is 0 Å². The molecule has 3 nitrogen and oxygen atoms in total. The number of hydrogen-bond donors (Lipinski definition) is 2. The Morgan fingerprint density at radius 1 is 0.970 bits per heavy atom. The summed E-state index contributed by atoms with van der Waals surface area (Å²) in [6.45, 7) is 7.31. The molecule has 0 saturated heterocycles. The summed E-state index contributed by atoms with van der Waals surface area (Å²) in [7, 11) is 1.82. The van der Waals surface area contributed by atoms with Crippen LogP contribution >= 0.6 is 0 Å². The van der Waals surface area contributed by atoms with Crippen molar-refractivity contribution in [1.29, 1.82) is 0 Å². The zero-order valence-corrected chi connectivity index (χ0v) is 21.0. The van der Waals surface area contributed by atoms with E-state index in [0.29, 0.717) is 36.0 Å². The number of hydrogen-bond acceptors (Lipinski definition) is 3. The Morgan fingerprint density at radius 2 is 1.70 bits per heavy atom. The summed E-state index contributed by atoms with van der Waals surface area (Å²) in [5, 5.41) is 20.3. The molecule has 192 valence electrons. The highest BCUT2D eigenvalue weighted by molar-refractivity contribution is 5.11. The van der Waals surface area contributed by atoms with Crippen molar-refractivity contribution >= 4 is 0 Å². The Bertz CT molecular complexity index is 695. The van der Waals surface area contributed by atoms with E-state index in [1.54, 1.807) is 0 Å². The van der Waals surface area contributed by atoms with Crippen LogP contribution in [0.15, 0.2) is 0 Å². The average Bonchev–Trinajstić information content (AvgIpc) is 3.08. The number of ether oxygens (including phenoxy) is 1. The largest absolute Gasteiger partial charge is 0.414 e. The number of aliphatic hydroxyl groups is 2. The fourth-order valence-electron chi connectivity index (χ4n) is 9.54. The van der Waals surface area contributed by atoms with Gasteiger partial charge >= 0.3 is 6.18 Å². The first-order valence-electron chi connectivity index (χ1n) is 13.3. The highest BCUT2D eigenvalue weighted by atomic mass is 19.4. The van der Waals surface area contributed by atoms with Gasteiger partial charge in [0.1, 0.15) is 6.10 Å². The SMILES string of the molecule is COC[C@]12CC[C@](C)(O)C[C@@H]1CC[C@@H]1[C@@H]2CC[C@]2(C)C([C@H](C)CCC(O)C(F)(F)F)CC[C@@H]12. The van der Waals surface area contributed by atoms with Gasteiger partial charge in [0, 0.05) is 7.11 Å². The van der Waals surface area contributed by atoms with Crippen molar-refractivity contribution in [3.8, 4) is 0 Å². The Kier molecular flexibility index (Phi) is 6.99. The van der Waals surface area contributed by atoms with Crippen LogP contribution in [0.4, 0.5) is 13.2 Å². The second kappa shape index (κ2) is 8.96. The van der Waals surface area contributed by atoms with E-state index < -0.39 is 17.9 Å². The fraction of sp³-hybridized carbons (Fsp3) is 1.00. The van der Waals surface area contributed by atoms with Gasteiger partial charge in [-0.15, -0.1) is 0 Å². The minimum absolute atomic E-state index is 0.168. The van der Waals surface area contributed by atoms with Crippen LogP contribution < -0.4 is 0 Å². The molecule has 4 aliphatic carbocycles. The van der Waals surface area contributed by atoms with Crippen molar-refractivity contribution in [2.45, 2.75) is 109 Å². The monoisotopic (exact) mass is 474 g/mol. The molecule has 4 fully saturated rings. The zero-order valence-electron chi connectivity index (χ0n) is 21.0. The summed E-state index contributed by atoms with van der Waals surface area (Å²) in [6.07, 6.45) is 3.27. The average molecular weight is 475 g/mol. The second-order valence-corrected chi connectivity index (χ2v) is 12.9. The van der Waals surface area contributed by atoms with Crippen LogP contribution in [0.3, 0.4) is 0 Å². The van der Waals surface area contributed by atoms with Gasteiger partial charge in [0.15, 0.2) is 0 Å². The number of aliphatic hydroxyl groups excluding tert-OH is 1. The lowest BCUT2D eigenvalue weighted by atomic mass is 9.43. The van der Waals surface area contributed by atoms with Crippen LogP contribution in [-0.2, 0) is 4.74 Å².